The molecule has 16 heteroatoms. The number of anilines is 2. The van der Waals surface area contributed by atoms with Crippen LogP contribution in [0.2, 0.25) is 5.02 Å². The molecule has 1 heterocycles. The highest BCUT2D eigenvalue weighted by atomic mass is 35.5. The van der Waals surface area contributed by atoms with Crippen LogP contribution in [0.4, 0.5) is 33.3 Å². The number of nitrogens with zero attached hydrogens (tertiary/aromatic N) is 2. The quantitative estimate of drug-likeness (QED) is 0.347. The lowest BCUT2D eigenvalue weighted by Crippen LogP contribution is -2.52. The van der Waals surface area contributed by atoms with Gasteiger partial charge in [0.1, 0.15) is 0 Å². The van der Waals surface area contributed by atoms with Gasteiger partial charge in [-0.25, -0.2) is 22.3 Å². The van der Waals surface area contributed by atoms with Gasteiger partial charge in [0.05, 0.1) is 29.1 Å². The van der Waals surface area contributed by atoms with Crippen molar-refractivity contribution in [2.45, 2.75) is 38.5 Å². The van der Waals surface area contributed by atoms with Crippen molar-refractivity contribution in [1.82, 2.24) is 10.2 Å². The van der Waals surface area contributed by atoms with Gasteiger partial charge in [-0.3, -0.25) is 14.5 Å². The van der Waals surface area contributed by atoms with E-state index in [9.17, 15) is 40.0 Å². The topological polar surface area (TPSA) is 125 Å². The number of rotatable bonds is 10. The molecule has 2 aromatic rings. The molecule has 0 unspecified atom stereocenters. The summed E-state index contributed by atoms with van der Waals surface area (Å²) in [6, 6.07) is 6.44. The summed E-state index contributed by atoms with van der Waals surface area (Å²) in [5.41, 5.74) is -0.181. The average Bonchev–Trinajstić information content (AvgIpc) is 2.87. The molecule has 1 fully saturated rings. The van der Waals surface area contributed by atoms with Gasteiger partial charge in [0.25, 0.3) is 5.91 Å². The molecule has 1 atom stereocenters. The monoisotopic (exact) mass is 625 g/mol. The Hall–Kier alpha value is -3.01. The number of piperazine rings is 1. The molecular weight excluding hydrogens is 597 g/mol. The van der Waals surface area contributed by atoms with E-state index in [0.29, 0.717) is 30.3 Å². The van der Waals surface area contributed by atoms with Gasteiger partial charge < -0.3 is 15.5 Å². The molecule has 9 nitrogen and oxygen atoms in total. The summed E-state index contributed by atoms with van der Waals surface area (Å²) >= 11 is 6.16. The number of benzene rings is 2. The molecule has 1 aliphatic rings. The first kappa shape index (κ1) is 32.5. The van der Waals surface area contributed by atoms with Crippen LogP contribution in [0.3, 0.4) is 0 Å². The first-order chi connectivity index (χ1) is 19.0. The number of halogens is 6. The summed E-state index contributed by atoms with van der Waals surface area (Å²) < 4.78 is 89.5. The maximum Gasteiger partial charge on any atom is 0.390 e. The third-order valence-electron chi connectivity index (χ3n) is 6.49. The van der Waals surface area contributed by atoms with Crippen molar-refractivity contribution < 1.29 is 40.0 Å². The van der Waals surface area contributed by atoms with Gasteiger partial charge in [-0.15, -0.1) is 0 Å². The fourth-order valence-electron chi connectivity index (χ4n) is 4.30. The Labute approximate surface area is 238 Å². The highest BCUT2D eigenvalue weighted by Crippen LogP contribution is 2.32. The average molecular weight is 626 g/mol. The minimum absolute atomic E-state index is 0.141. The van der Waals surface area contributed by atoms with Crippen molar-refractivity contribution in [2.24, 2.45) is 5.14 Å². The summed E-state index contributed by atoms with van der Waals surface area (Å²) in [7, 11) is -3.87. The second-order valence-electron chi connectivity index (χ2n) is 9.61. The summed E-state index contributed by atoms with van der Waals surface area (Å²) in [4.78, 5) is 28.3. The number of amides is 2. The summed E-state index contributed by atoms with van der Waals surface area (Å²) in [5, 5.41) is 9.96. The molecular formula is C25H29ClF5N5O4S. The van der Waals surface area contributed by atoms with Crippen LogP contribution in [0.5, 0.6) is 0 Å². The Kier molecular flexibility index (Phi) is 10.6. The van der Waals surface area contributed by atoms with Crippen LogP contribution in [-0.2, 0) is 21.4 Å². The van der Waals surface area contributed by atoms with Gasteiger partial charge in [0.2, 0.25) is 15.9 Å². The van der Waals surface area contributed by atoms with E-state index >= 15 is 0 Å². The van der Waals surface area contributed by atoms with Crippen molar-refractivity contribution in [3.63, 3.8) is 0 Å². The minimum Gasteiger partial charge on any atom is -0.367 e. The van der Waals surface area contributed by atoms with Gasteiger partial charge in [0.15, 0.2) is 11.6 Å². The number of carbonyl (C=O) groups is 2. The molecule has 226 valence electrons. The molecule has 3 rings (SSSR count). The number of nitrogens with two attached hydrogens (primary N) is 1. The van der Waals surface area contributed by atoms with Crippen LogP contribution in [0.25, 0.3) is 0 Å². The van der Waals surface area contributed by atoms with Crippen molar-refractivity contribution in [3.8, 4) is 0 Å². The van der Waals surface area contributed by atoms with Gasteiger partial charge in [-0.1, -0.05) is 17.7 Å². The molecule has 41 heavy (non-hydrogen) atoms. The van der Waals surface area contributed by atoms with Crippen LogP contribution >= 0.6 is 11.6 Å². The van der Waals surface area contributed by atoms with Crippen molar-refractivity contribution in [3.05, 3.63) is 58.1 Å². The number of alkyl halides is 3. The molecule has 0 bridgehead atoms. The number of primary sulfonamides is 1. The van der Waals surface area contributed by atoms with Crippen molar-refractivity contribution >= 4 is 44.8 Å². The molecule has 1 saturated heterocycles. The summed E-state index contributed by atoms with van der Waals surface area (Å²) in [6.07, 6.45) is -5.66. The largest absolute Gasteiger partial charge is 0.390 e. The Bertz CT molecular complexity index is 1390. The van der Waals surface area contributed by atoms with E-state index < -0.39 is 70.4 Å². The lowest BCUT2D eigenvalue weighted by Gasteiger charge is -2.41. The number of hydrogen-bond donors (Lipinski definition) is 3. The summed E-state index contributed by atoms with van der Waals surface area (Å²) in [6.45, 7) is 2.19. The van der Waals surface area contributed by atoms with E-state index in [1.165, 1.54) is 12.1 Å². The van der Waals surface area contributed by atoms with Crippen LogP contribution < -0.4 is 20.7 Å². The highest BCUT2D eigenvalue weighted by molar-refractivity contribution is 7.89. The van der Waals surface area contributed by atoms with E-state index in [2.05, 4.69) is 10.6 Å². The maximum atomic E-state index is 14.9. The molecule has 4 N–H and O–H groups in total. The third-order valence-corrected chi connectivity index (χ3v) is 7.50. The molecule has 0 aliphatic carbocycles. The Balaban J connectivity index is 1.70. The van der Waals surface area contributed by atoms with E-state index in [-0.39, 0.29) is 23.8 Å². The SMILES string of the molecule is C[C@@H]1CN(c2cc(Cl)ccc2NC(=O)c2ccc(CNC(=O)CCS(N)(=O)=O)c(F)c2F)CCN1CCC(F)(F)F. The number of nitrogens with one attached hydrogen (secondary N) is 2. The van der Waals surface area contributed by atoms with Crippen molar-refractivity contribution in [1.29, 1.82) is 0 Å². The zero-order valence-electron chi connectivity index (χ0n) is 21.9. The zero-order valence-corrected chi connectivity index (χ0v) is 23.5. The lowest BCUT2D eigenvalue weighted by molar-refractivity contribution is -0.139. The Morgan fingerprint density at radius 3 is 2.46 bits per heavy atom. The Morgan fingerprint density at radius 2 is 1.83 bits per heavy atom. The van der Waals surface area contributed by atoms with Crippen molar-refractivity contribution in [2.75, 3.05) is 42.1 Å². The zero-order chi connectivity index (χ0) is 30.5. The summed E-state index contributed by atoms with van der Waals surface area (Å²) in [5.74, 6) is -5.16. The van der Waals surface area contributed by atoms with E-state index in [0.717, 1.165) is 12.1 Å². The standard InChI is InChI=1S/C25H29ClF5N5O4S/c1-15-14-36(10-9-35(15)8-7-25(29,30)31)20-12-17(26)3-5-19(20)34-24(38)18-4-2-16(22(27)23(18)28)13-33-21(37)6-11-41(32,39)40/h2-5,12,15H,6-11,13-14H2,1H3,(H,33,37)(H,34,38)(H2,32,39,40)/t15-/m1/s1. The van der Waals surface area contributed by atoms with Crippen LogP contribution in [-0.4, -0.2) is 69.3 Å². The van der Waals surface area contributed by atoms with Crippen LogP contribution in [0, 0.1) is 11.6 Å². The third kappa shape index (κ3) is 9.51. The molecule has 2 amide bonds. The second-order valence-corrected chi connectivity index (χ2v) is 11.8. The smallest absolute Gasteiger partial charge is 0.367 e. The molecule has 1 aliphatic heterocycles. The number of carbonyl (C=O) groups excluding carboxylic acids is 2. The molecule has 0 radical (unpaired) electrons. The minimum atomic E-state index is -4.27. The predicted molar refractivity (Wildman–Crippen MR) is 144 cm³/mol. The fraction of sp³-hybridized carbons (Fsp3) is 0.440. The molecule has 2 aromatic carbocycles. The Morgan fingerprint density at radius 1 is 1.12 bits per heavy atom. The highest BCUT2D eigenvalue weighted by Gasteiger charge is 2.31. The van der Waals surface area contributed by atoms with Gasteiger partial charge in [0, 0.05) is 55.8 Å². The predicted octanol–water partition coefficient (Wildman–Crippen LogP) is 3.63. The van der Waals surface area contributed by atoms with E-state index in [4.69, 9.17) is 16.7 Å². The van der Waals surface area contributed by atoms with Gasteiger partial charge in [-0.2, -0.15) is 13.2 Å². The van der Waals surface area contributed by atoms with Crippen LogP contribution in [0.15, 0.2) is 30.3 Å². The first-order valence-electron chi connectivity index (χ1n) is 12.4. The molecule has 0 spiro atoms. The first-order valence-corrected chi connectivity index (χ1v) is 14.5. The number of hydrogen-bond acceptors (Lipinski definition) is 6. The van der Waals surface area contributed by atoms with E-state index in [1.54, 1.807) is 17.9 Å². The van der Waals surface area contributed by atoms with Crippen LogP contribution in [0.1, 0.15) is 35.7 Å². The number of sulfonamides is 1. The lowest BCUT2D eigenvalue weighted by atomic mass is 10.1. The fourth-order valence-corrected chi connectivity index (χ4v) is 4.93. The molecule has 0 saturated carbocycles. The van der Waals surface area contributed by atoms with Gasteiger partial charge in [-0.05, 0) is 31.2 Å². The van der Waals surface area contributed by atoms with Gasteiger partial charge >= 0.3 is 6.18 Å². The normalized spacial score (nSPS) is 16.5. The second kappa shape index (κ2) is 13.3. The van der Waals surface area contributed by atoms with E-state index in [1.807, 2.05) is 4.90 Å². The molecule has 0 aromatic heterocycles. The maximum absolute atomic E-state index is 14.9.